The van der Waals surface area contributed by atoms with Crippen LogP contribution in [-0.4, -0.2) is 16.1 Å². The van der Waals surface area contributed by atoms with Gasteiger partial charge in [0.25, 0.3) is 5.91 Å². The summed E-state index contributed by atoms with van der Waals surface area (Å²) in [6.07, 6.45) is 4.46. The molecule has 4 nitrogen and oxygen atoms in total. The number of aromatic nitrogens is 2. The summed E-state index contributed by atoms with van der Waals surface area (Å²) in [5.74, 6) is 0.135. The highest BCUT2D eigenvalue weighted by molar-refractivity contribution is 7.15. The van der Waals surface area contributed by atoms with Crippen LogP contribution in [0.1, 0.15) is 60.8 Å². The Morgan fingerprint density at radius 3 is 2.70 bits per heavy atom. The minimum Gasteiger partial charge on any atom is -0.296 e. The predicted octanol–water partition coefficient (Wildman–Crippen LogP) is 5.78. The first-order chi connectivity index (χ1) is 11.0. The van der Waals surface area contributed by atoms with E-state index < -0.39 is 0 Å². The minimum atomic E-state index is -0.270. The molecule has 0 fully saturated rings. The number of rotatable bonds is 7. The molecule has 1 heterocycles. The number of unbranched alkanes of at least 4 members (excludes halogenated alkanes) is 1. The number of carbonyl (C=O) groups excluding carboxylic acids is 1. The van der Waals surface area contributed by atoms with Crippen molar-refractivity contribution in [1.82, 2.24) is 10.2 Å². The first-order valence-electron chi connectivity index (χ1n) is 7.64. The van der Waals surface area contributed by atoms with Gasteiger partial charge in [0, 0.05) is 11.5 Å². The van der Waals surface area contributed by atoms with Crippen LogP contribution in [0.15, 0.2) is 18.2 Å². The number of carbonyl (C=O) groups is 1. The molecule has 0 saturated carbocycles. The van der Waals surface area contributed by atoms with E-state index in [1.54, 1.807) is 12.1 Å². The summed E-state index contributed by atoms with van der Waals surface area (Å²) < 4.78 is 0. The summed E-state index contributed by atoms with van der Waals surface area (Å²) in [6, 6.07) is 4.76. The lowest BCUT2D eigenvalue weighted by Crippen LogP contribution is -2.11. The zero-order valence-corrected chi connectivity index (χ0v) is 15.4. The Morgan fingerprint density at radius 1 is 1.26 bits per heavy atom. The molecule has 124 valence electrons. The van der Waals surface area contributed by atoms with Gasteiger partial charge in [-0.25, -0.2) is 0 Å². The van der Waals surface area contributed by atoms with Gasteiger partial charge in [0.2, 0.25) is 5.13 Å². The van der Waals surface area contributed by atoms with Gasteiger partial charge in [-0.1, -0.05) is 61.2 Å². The van der Waals surface area contributed by atoms with Gasteiger partial charge in [0.1, 0.15) is 5.01 Å². The molecule has 7 heteroatoms. The number of hydrogen-bond donors (Lipinski definition) is 1. The van der Waals surface area contributed by atoms with Crippen molar-refractivity contribution in [2.24, 2.45) is 0 Å². The number of hydrogen-bond acceptors (Lipinski definition) is 4. The monoisotopic (exact) mass is 371 g/mol. The summed E-state index contributed by atoms with van der Waals surface area (Å²) in [7, 11) is 0. The number of halogens is 2. The predicted molar refractivity (Wildman–Crippen MR) is 96.9 cm³/mol. The Bertz CT molecular complexity index is 675. The Labute approximate surface area is 150 Å². The quantitative estimate of drug-likeness (QED) is 0.670. The number of benzene rings is 1. The molecule has 0 unspecified atom stereocenters. The second kappa shape index (κ2) is 8.62. The van der Waals surface area contributed by atoms with Crippen LogP contribution in [0.2, 0.25) is 10.0 Å². The molecule has 1 atom stereocenters. The Balaban J connectivity index is 2.05. The van der Waals surface area contributed by atoms with Crippen molar-refractivity contribution in [2.75, 3.05) is 5.32 Å². The molecule has 0 aliphatic rings. The summed E-state index contributed by atoms with van der Waals surface area (Å²) in [5.41, 5.74) is 0.439. The molecule has 0 bridgehead atoms. The highest BCUT2D eigenvalue weighted by atomic mass is 35.5. The van der Waals surface area contributed by atoms with Crippen LogP contribution in [0.25, 0.3) is 0 Å². The molecule has 1 amide bonds. The van der Waals surface area contributed by atoms with Gasteiger partial charge >= 0.3 is 0 Å². The summed E-state index contributed by atoms with van der Waals surface area (Å²) in [4.78, 5) is 12.2. The second-order valence-corrected chi connectivity index (χ2v) is 7.10. The van der Waals surface area contributed by atoms with Crippen LogP contribution in [0, 0.1) is 0 Å². The number of amides is 1. The van der Waals surface area contributed by atoms with E-state index in [4.69, 9.17) is 23.2 Å². The van der Waals surface area contributed by atoms with E-state index in [1.807, 2.05) is 0 Å². The van der Waals surface area contributed by atoms with Crippen molar-refractivity contribution >= 4 is 45.6 Å². The summed E-state index contributed by atoms with van der Waals surface area (Å²) in [5, 5.41) is 13.3. The van der Waals surface area contributed by atoms with Crippen LogP contribution in [-0.2, 0) is 0 Å². The van der Waals surface area contributed by atoms with Gasteiger partial charge in [0.15, 0.2) is 0 Å². The average Bonchev–Trinajstić information content (AvgIpc) is 2.99. The lowest BCUT2D eigenvalue weighted by molar-refractivity contribution is 0.102. The first kappa shape index (κ1) is 18.2. The SMILES string of the molecule is CCCC[C@@H](CC)c1nnc(NC(=O)c2ccc(Cl)c(Cl)c2)s1. The van der Waals surface area contributed by atoms with Crippen LogP contribution in [0.4, 0.5) is 5.13 Å². The smallest absolute Gasteiger partial charge is 0.257 e. The fourth-order valence-electron chi connectivity index (χ4n) is 2.21. The van der Waals surface area contributed by atoms with Crippen molar-refractivity contribution in [2.45, 2.75) is 45.4 Å². The standard InChI is InChI=1S/C16H19Cl2N3OS/c1-3-5-6-10(4-2)15-20-21-16(23-15)19-14(22)11-7-8-12(17)13(18)9-11/h7-10H,3-6H2,1-2H3,(H,19,21,22)/t10-/m1/s1. The second-order valence-electron chi connectivity index (χ2n) is 5.28. The third-order valence-electron chi connectivity index (χ3n) is 3.59. The van der Waals surface area contributed by atoms with Crippen LogP contribution in [0.3, 0.4) is 0 Å². The molecule has 23 heavy (non-hydrogen) atoms. The van der Waals surface area contributed by atoms with Crippen molar-refractivity contribution < 1.29 is 4.79 Å². The molecule has 1 N–H and O–H groups in total. The maximum atomic E-state index is 12.2. The number of nitrogens with zero attached hydrogens (tertiary/aromatic N) is 2. The van der Waals surface area contributed by atoms with E-state index in [1.165, 1.54) is 23.8 Å². The average molecular weight is 372 g/mol. The van der Waals surface area contributed by atoms with Gasteiger partial charge in [-0.15, -0.1) is 10.2 Å². The topological polar surface area (TPSA) is 54.9 Å². The molecule has 0 aliphatic heterocycles. The molecule has 0 aliphatic carbocycles. The fraction of sp³-hybridized carbons (Fsp3) is 0.438. The third-order valence-corrected chi connectivity index (χ3v) is 5.33. The Morgan fingerprint density at radius 2 is 2.04 bits per heavy atom. The maximum Gasteiger partial charge on any atom is 0.257 e. The normalized spacial score (nSPS) is 12.2. The Kier molecular flexibility index (Phi) is 6.81. The van der Waals surface area contributed by atoms with Gasteiger partial charge in [-0.2, -0.15) is 0 Å². The van der Waals surface area contributed by atoms with Gasteiger partial charge in [0.05, 0.1) is 10.0 Å². The molecular formula is C16H19Cl2N3OS. The fourth-order valence-corrected chi connectivity index (χ4v) is 3.46. The van der Waals surface area contributed by atoms with E-state index in [9.17, 15) is 4.79 Å². The summed E-state index contributed by atoms with van der Waals surface area (Å²) >= 11 is 13.2. The molecule has 2 rings (SSSR count). The number of nitrogens with one attached hydrogen (secondary N) is 1. The van der Waals surface area contributed by atoms with E-state index in [0.717, 1.165) is 24.3 Å². The molecule has 1 aromatic heterocycles. The zero-order chi connectivity index (χ0) is 16.8. The summed E-state index contributed by atoms with van der Waals surface area (Å²) in [6.45, 7) is 4.32. The number of anilines is 1. The van der Waals surface area contributed by atoms with Crippen molar-refractivity contribution in [3.63, 3.8) is 0 Å². The molecule has 0 saturated heterocycles. The van der Waals surface area contributed by atoms with E-state index in [2.05, 4.69) is 29.4 Å². The molecule has 0 spiro atoms. The minimum absolute atomic E-state index is 0.270. The highest BCUT2D eigenvalue weighted by Gasteiger charge is 2.16. The van der Waals surface area contributed by atoms with Gasteiger partial charge < -0.3 is 0 Å². The lowest BCUT2D eigenvalue weighted by Gasteiger charge is -2.09. The van der Waals surface area contributed by atoms with E-state index >= 15 is 0 Å². The lowest BCUT2D eigenvalue weighted by atomic mass is 10.0. The molecular weight excluding hydrogens is 353 g/mol. The third kappa shape index (κ3) is 4.90. The molecule has 0 radical (unpaired) electrons. The highest BCUT2D eigenvalue weighted by Crippen LogP contribution is 2.30. The largest absolute Gasteiger partial charge is 0.296 e. The van der Waals surface area contributed by atoms with Gasteiger partial charge in [-0.3, -0.25) is 10.1 Å². The van der Waals surface area contributed by atoms with Crippen molar-refractivity contribution in [1.29, 1.82) is 0 Å². The first-order valence-corrected chi connectivity index (χ1v) is 9.22. The van der Waals surface area contributed by atoms with E-state index in [-0.39, 0.29) is 5.91 Å². The van der Waals surface area contributed by atoms with Crippen LogP contribution >= 0.6 is 34.5 Å². The van der Waals surface area contributed by atoms with Gasteiger partial charge in [-0.05, 0) is 31.0 Å². The van der Waals surface area contributed by atoms with Crippen LogP contribution in [0.5, 0.6) is 0 Å². The van der Waals surface area contributed by atoms with Crippen LogP contribution < -0.4 is 5.32 Å². The molecule has 2 aromatic rings. The Hall–Kier alpha value is -1.17. The maximum absolute atomic E-state index is 12.2. The van der Waals surface area contributed by atoms with Crippen molar-refractivity contribution in [3.8, 4) is 0 Å². The molecule has 1 aromatic carbocycles. The van der Waals surface area contributed by atoms with E-state index in [0.29, 0.717) is 26.7 Å². The zero-order valence-electron chi connectivity index (χ0n) is 13.1. The van der Waals surface area contributed by atoms with Crippen molar-refractivity contribution in [3.05, 3.63) is 38.8 Å².